The van der Waals surface area contributed by atoms with Crippen LogP contribution in [0.2, 0.25) is 0 Å². The Morgan fingerprint density at radius 3 is 2.36 bits per heavy atom. The van der Waals surface area contributed by atoms with Crippen molar-refractivity contribution in [3.8, 4) is 5.75 Å². The summed E-state index contributed by atoms with van der Waals surface area (Å²) < 4.78 is 44.3. The van der Waals surface area contributed by atoms with Gasteiger partial charge >= 0.3 is 6.18 Å². The van der Waals surface area contributed by atoms with Crippen molar-refractivity contribution in [1.29, 1.82) is 0 Å². The predicted octanol–water partition coefficient (Wildman–Crippen LogP) is 5.25. The van der Waals surface area contributed by atoms with E-state index in [1.54, 1.807) is 13.2 Å². The number of benzene rings is 2. The summed E-state index contributed by atoms with van der Waals surface area (Å²) in [6, 6.07) is 12.5. The zero-order valence-electron chi connectivity index (χ0n) is 18.2. The highest BCUT2D eigenvalue weighted by atomic mass is 19.4. The highest BCUT2D eigenvalue weighted by Gasteiger charge is 2.30. The van der Waals surface area contributed by atoms with Crippen molar-refractivity contribution in [2.24, 2.45) is 0 Å². The third kappa shape index (κ3) is 6.03. The van der Waals surface area contributed by atoms with Crippen LogP contribution in [0.3, 0.4) is 0 Å². The van der Waals surface area contributed by atoms with Crippen molar-refractivity contribution < 1.29 is 17.9 Å². The van der Waals surface area contributed by atoms with E-state index in [0.717, 1.165) is 49.5 Å². The van der Waals surface area contributed by atoms with E-state index in [-0.39, 0.29) is 6.54 Å². The Morgan fingerprint density at radius 2 is 1.67 bits per heavy atom. The van der Waals surface area contributed by atoms with Gasteiger partial charge in [-0.3, -0.25) is 0 Å². The number of methoxy groups -OCH3 is 1. The van der Waals surface area contributed by atoms with Gasteiger partial charge in [0.2, 0.25) is 17.8 Å². The summed E-state index contributed by atoms with van der Waals surface area (Å²) in [6.07, 6.45) is -1.11. The van der Waals surface area contributed by atoms with Gasteiger partial charge in [-0.1, -0.05) is 12.1 Å². The maximum absolute atomic E-state index is 13.0. The molecule has 0 unspecified atom stereocenters. The van der Waals surface area contributed by atoms with E-state index >= 15 is 0 Å². The van der Waals surface area contributed by atoms with Gasteiger partial charge in [0.05, 0.1) is 12.7 Å². The third-order valence-electron chi connectivity index (χ3n) is 5.31. The highest BCUT2D eigenvalue weighted by molar-refractivity contribution is 5.57. The molecule has 0 amide bonds. The van der Waals surface area contributed by atoms with Crippen LogP contribution in [0, 0.1) is 0 Å². The Balaban J connectivity index is 1.56. The van der Waals surface area contributed by atoms with Gasteiger partial charge in [0.15, 0.2) is 0 Å². The standard InChI is InChI=1S/C23H25F3N6O/c1-33-19-10-8-18(9-11-19)28-21-29-20(30-22(31-21)32-12-3-2-4-13-32)27-15-16-6-5-7-17(14-16)23(24,25)26/h5-11,14H,2-4,12-13,15H2,1H3,(H2,27,28,29,30,31). The van der Waals surface area contributed by atoms with E-state index in [4.69, 9.17) is 4.74 Å². The minimum absolute atomic E-state index is 0.148. The van der Waals surface area contributed by atoms with Gasteiger partial charge in [-0.25, -0.2) is 0 Å². The average Bonchev–Trinajstić information content (AvgIpc) is 2.83. The van der Waals surface area contributed by atoms with Gasteiger partial charge < -0.3 is 20.3 Å². The number of rotatable bonds is 7. The summed E-state index contributed by atoms with van der Waals surface area (Å²) in [4.78, 5) is 15.6. The summed E-state index contributed by atoms with van der Waals surface area (Å²) in [6.45, 7) is 1.84. The van der Waals surface area contributed by atoms with Crippen LogP contribution in [0.4, 0.5) is 36.7 Å². The first-order valence-electron chi connectivity index (χ1n) is 10.7. The molecule has 0 saturated carbocycles. The fraction of sp³-hybridized carbons (Fsp3) is 0.348. The molecule has 0 bridgehead atoms. The minimum Gasteiger partial charge on any atom is -0.497 e. The molecule has 10 heteroatoms. The second-order valence-electron chi connectivity index (χ2n) is 7.74. The summed E-state index contributed by atoms with van der Waals surface area (Å²) in [5.41, 5.74) is 0.568. The number of hydrogen-bond acceptors (Lipinski definition) is 7. The number of hydrogen-bond donors (Lipinski definition) is 2. The fourth-order valence-electron chi connectivity index (χ4n) is 3.58. The van der Waals surface area contributed by atoms with Crippen molar-refractivity contribution in [2.45, 2.75) is 32.0 Å². The lowest BCUT2D eigenvalue weighted by atomic mass is 10.1. The number of nitrogens with zero attached hydrogens (tertiary/aromatic N) is 4. The molecule has 2 heterocycles. The number of aromatic nitrogens is 3. The molecule has 0 atom stereocenters. The first-order valence-corrected chi connectivity index (χ1v) is 10.7. The molecule has 174 valence electrons. The lowest BCUT2D eigenvalue weighted by Crippen LogP contribution is -2.31. The van der Waals surface area contributed by atoms with Crippen LogP contribution in [0.15, 0.2) is 48.5 Å². The lowest BCUT2D eigenvalue weighted by molar-refractivity contribution is -0.137. The average molecular weight is 458 g/mol. The van der Waals surface area contributed by atoms with Gasteiger partial charge in [0.25, 0.3) is 0 Å². The molecule has 1 aromatic heterocycles. The van der Waals surface area contributed by atoms with Crippen LogP contribution in [0.25, 0.3) is 0 Å². The monoisotopic (exact) mass is 458 g/mol. The minimum atomic E-state index is -4.39. The molecular formula is C23H25F3N6O. The van der Waals surface area contributed by atoms with Crippen LogP contribution < -0.4 is 20.3 Å². The zero-order valence-corrected chi connectivity index (χ0v) is 18.2. The van der Waals surface area contributed by atoms with Crippen molar-refractivity contribution in [2.75, 3.05) is 35.7 Å². The molecule has 4 rings (SSSR count). The Kier molecular flexibility index (Phi) is 6.81. The molecular weight excluding hydrogens is 433 g/mol. The SMILES string of the molecule is COc1ccc(Nc2nc(NCc3cccc(C(F)(F)F)c3)nc(N3CCCCC3)n2)cc1. The molecule has 2 aromatic carbocycles. The summed E-state index contributed by atoms with van der Waals surface area (Å²) in [7, 11) is 1.60. The highest BCUT2D eigenvalue weighted by Crippen LogP contribution is 2.30. The molecule has 0 radical (unpaired) electrons. The molecule has 2 N–H and O–H groups in total. The molecule has 0 aliphatic carbocycles. The molecule has 33 heavy (non-hydrogen) atoms. The van der Waals surface area contributed by atoms with Crippen LogP contribution >= 0.6 is 0 Å². The van der Waals surface area contributed by atoms with E-state index < -0.39 is 11.7 Å². The van der Waals surface area contributed by atoms with E-state index in [0.29, 0.717) is 23.4 Å². The zero-order chi connectivity index (χ0) is 23.3. The molecule has 3 aromatic rings. The van der Waals surface area contributed by atoms with Gasteiger partial charge in [0.1, 0.15) is 5.75 Å². The van der Waals surface area contributed by atoms with E-state index in [1.165, 1.54) is 12.5 Å². The lowest BCUT2D eigenvalue weighted by Gasteiger charge is -2.27. The number of alkyl halides is 3. The normalized spacial score (nSPS) is 14.1. The number of ether oxygens (including phenoxy) is 1. The first-order chi connectivity index (χ1) is 15.9. The molecule has 0 spiro atoms. The van der Waals surface area contributed by atoms with Crippen molar-refractivity contribution in [3.05, 3.63) is 59.7 Å². The Hall–Kier alpha value is -3.56. The summed E-state index contributed by atoms with van der Waals surface area (Å²) >= 11 is 0. The van der Waals surface area contributed by atoms with E-state index in [2.05, 4.69) is 30.5 Å². The van der Waals surface area contributed by atoms with Crippen LogP contribution in [-0.4, -0.2) is 35.2 Å². The van der Waals surface area contributed by atoms with Crippen molar-refractivity contribution in [1.82, 2.24) is 15.0 Å². The molecule has 1 saturated heterocycles. The van der Waals surface area contributed by atoms with E-state index in [1.807, 2.05) is 24.3 Å². The number of nitrogens with one attached hydrogen (secondary N) is 2. The second kappa shape index (κ2) is 9.93. The second-order valence-corrected chi connectivity index (χ2v) is 7.74. The fourth-order valence-corrected chi connectivity index (χ4v) is 3.58. The van der Waals surface area contributed by atoms with Crippen molar-refractivity contribution in [3.63, 3.8) is 0 Å². The molecule has 7 nitrogen and oxygen atoms in total. The molecule has 1 aliphatic rings. The number of halogens is 3. The van der Waals surface area contributed by atoms with E-state index in [9.17, 15) is 13.2 Å². The van der Waals surface area contributed by atoms with Gasteiger partial charge in [-0.15, -0.1) is 0 Å². The third-order valence-corrected chi connectivity index (χ3v) is 5.31. The topological polar surface area (TPSA) is 75.2 Å². The Morgan fingerprint density at radius 1 is 0.939 bits per heavy atom. The van der Waals surface area contributed by atoms with Crippen LogP contribution in [0.5, 0.6) is 5.75 Å². The van der Waals surface area contributed by atoms with Crippen LogP contribution in [0.1, 0.15) is 30.4 Å². The van der Waals surface area contributed by atoms with Crippen molar-refractivity contribution >= 4 is 23.5 Å². The first kappa shape index (κ1) is 22.6. The largest absolute Gasteiger partial charge is 0.497 e. The molecule has 1 aliphatic heterocycles. The number of anilines is 4. The summed E-state index contributed by atoms with van der Waals surface area (Å²) in [5.74, 6) is 1.90. The maximum Gasteiger partial charge on any atom is 0.416 e. The number of piperidine rings is 1. The van der Waals surface area contributed by atoms with Crippen LogP contribution in [-0.2, 0) is 12.7 Å². The van der Waals surface area contributed by atoms with Gasteiger partial charge in [0, 0.05) is 25.3 Å². The Bertz CT molecular complexity index is 1070. The van der Waals surface area contributed by atoms with Gasteiger partial charge in [-0.2, -0.15) is 28.1 Å². The quantitative estimate of drug-likeness (QED) is 0.501. The Labute approximate surface area is 190 Å². The predicted molar refractivity (Wildman–Crippen MR) is 121 cm³/mol. The molecule has 1 fully saturated rings. The maximum atomic E-state index is 13.0. The smallest absolute Gasteiger partial charge is 0.416 e. The summed E-state index contributed by atoms with van der Waals surface area (Å²) in [5, 5.41) is 6.22. The van der Waals surface area contributed by atoms with Gasteiger partial charge in [-0.05, 0) is 61.2 Å².